The first-order valence-corrected chi connectivity index (χ1v) is 17.1. The van der Waals surface area contributed by atoms with Gasteiger partial charge < -0.3 is 9.32 Å². The van der Waals surface area contributed by atoms with Gasteiger partial charge in [0.1, 0.15) is 11.2 Å². The van der Waals surface area contributed by atoms with Crippen LogP contribution in [0.5, 0.6) is 0 Å². The molecule has 0 unspecified atom stereocenters. The second-order valence-electron chi connectivity index (χ2n) is 12.9. The van der Waals surface area contributed by atoms with Crippen LogP contribution in [0.2, 0.25) is 0 Å². The van der Waals surface area contributed by atoms with Crippen molar-refractivity contribution < 1.29 is 4.42 Å². The summed E-state index contributed by atoms with van der Waals surface area (Å²) in [4.78, 5) is 2.40. The largest absolute Gasteiger partial charge is 0.455 e. The molecular formula is C48H31NO. The lowest BCUT2D eigenvalue weighted by Gasteiger charge is -2.27. The highest BCUT2D eigenvalue weighted by atomic mass is 16.3. The molecule has 2 heteroatoms. The molecule has 0 atom stereocenters. The zero-order valence-corrected chi connectivity index (χ0v) is 27.3. The van der Waals surface area contributed by atoms with Crippen LogP contribution in [-0.2, 0) is 0 Å². The van der Waals surface area contributed by atoms with Crippen molar-refractivity contribution in [3.05, 3.63) is 188 Å². The number of hydrogen-bond donors (Lipinski definition) is 0. The average molecular weight is 638 g/mol. The van der Waals surface area contributed by atoms with Gasteiger partial charge in [-0.05, 0) is 91.5 Å². The predicted molar refractivity (Wildman–Crippen MR) is 212 cm³/mol. The lowest BCUT2D eigenvalue weighted by atomic mass is 9.95. The summed E-state index contributed by atoms with van der Waals surface area (Å²) in [7, 11) is 0. The van der Waals surface area contributed by atoms with E-state index in [9.17, 15) is 0 Å². The third kappa shape index (κ3) is 4.57. The van der Waals surface area contributed by atoms with Crippen molar-refractivity contribution in [2.24, 2.45) is 0 Å². The fourth-order valence-corrected chi connectivity index (χ4v) is 7.66. The van der Waals surface area contributed by atoms with Gasteiger partial charge in [0, 0.05) is 22.3 Å². The number of benzene rings is 9. The van der Waals surface area contributed by atoms with Gasteiger partial charge in [0.25, 0.3) is 0 Å². The molecule has 0 aliphatic heterocycles. The molecule has 1 aromatic heterocycles. The van der Waals surface area contributed by atoms with E-state index in [1.54, 1.807) is 0 Å². The molecule has 50 heavy (non-hydrogen) atoms. The van der Waals surface area contributed by atoms with E-state index in [0.29, 0.717) is 0 Å². The smallest absolute Gasteiger partial charge is 0.145 e. The van der Waals surface area contributed by atoms with E-state index in [0.717, 1.165) is 50.1 Å². The second-order valence-corrected chi connectivity index (χ2v) is 12.9. The Morgan fingerprint density at radius 1 is 0.360 bits per heavy atom. The highest BCUT2D eigenvalue weighted by molar-refractivity contribution is 6.19. The molecule has 0 aliphatic rings. The summed E-state index contributed by atoms with van der Waals surface area (Å²) < 4.78 is 6.83. The van der Waals surface area contributed by atoms with Gasteiger partial charge in [0.15, 0.2) is 0 Å². The van der Waals surface area contributed by atoms with Gasteiger partial charge in [-0.25, -0.2) is 0 Å². The Balaban J connectivity index is 1.26. The van der Waals surface area contributed by atoms with Crippen LogP contribution in [0.15, 0.2) is 192 Å². The minimum atomic E-state index is 0.875. The number of fused-ring (bicyclic) bond motifs is 7. The van der Waals surface area contributed by atoms with Gasteiger partial charge in [-0.3, -0.25) is 0 Å². The van der Waals surface area contributed by atoms with Crippen molar-refractivity contribution in [3.8, 4) is 22.3 Å². The van der Waals surface area contributed by atoms with E-state index >= 15 is 0 Å². The predicted octanol–water partition coefficient (Wildman–Crippen LogP) is 13.8. The van der Waals surface area contributed by atoms with E-state index in [2.05, 4.69) is 193 Å². The Bertz CT molecular complexity index is 2860. The third-order valence-corrected chi connectivity index (χ3v) is 10.0. The Kier molecular flexibility index (Phi) is 6.53. The van der Waals surface area contributed by atoms with Crippen LogP contribution in [0.25, 0.3) is 76.5 Å². The molecule has 0 bridgehead atoms. The maximum atomic E-state index is 6.83. The standard InChI is InChI=1S/C48H31NO/c1-2-11-32(12-3-1)33-23-26-37(27-24-33)49(38-28-25-36-22-21-35-14-5-7-17-40(35)44(36)31-38)45-30-29-42(41-19-10-15-34-13-4-6-16-39(34)41)48-47(45)43-18-8-9-20-46(43)50-48/h1-31H. The summed E-state index contributed by atoms with van der Waals surface area (Å²) in [5.74, 6) is 0. The molecule has 2 nitrogen and oxygen atoms in total. The second kappa shape index (κ2) is 11.5. The van der Waals surface area contributed by atoms with Crippen LogP contribution in [0.3, 0.4) is 0 Å². The molecule has 10 aromatic rings. The van der Waals surface area contributed by atoms with Crippen molar-refractivity contribution in [1.82, 2.24) is 0 Å². The molecule has 0 radical (unpaired) electrons. The molecule has 0 aliphatic carbocycles. The average Bonchev–Trinajstić information content (AvgIpc) is 3.59. The highest BCUT2D eigenvalue weighted by Crippen LogP contribution is 2.47. The number of furan rings is 1. The summed E-state index contributed by atoms with van der Waals surface area (Å²) in [5.41, 5.74) is 9.63. The topological polar surface area (TPSA) is 16.4 Å². The number of rotatable bonds is 5. The Hall–Kier alpha value is -6.64. The van der Waals surface area contributed by atoms with Crippen molar-refractivity contribution in [1.29, 1.82) is 0 Å². The quantitative estimate of drug-likeness (QED) is 0.175. The normalized spacial score (nSPS) is 11.6. The first-order valence-electron chi connectivity index (χ1n) is 17.1. The van der Waals surface area contributed by atoms with Gasteiger partial charge in [0.05, 0.1) is 11.1 Å². The zero-order chi connectivity index (χ0) is 33.0. The van der Waals surface area contributed by atoms with Gasteiger partial charge in [0.2, 0.25) is 0 Å². The molecule has 9 aromatic carbocycles. The number of nitrogens with zero attached hydrogens (tertiary/aromatic N) is 1. The van der Waals surface area contributed by atoms with Gasteiger partial charge in [-0.1, -0.05) is 146 Å². The van der Waals surface area contributed by atoms with Crippen molar-refractivity contribution >= 4 is 71.3 Å². The summed E-state index contributed by atoms with van der Waals surface area (Å²) >= 11 is 0. The summed E-state index contributed by atoms with van der Waals surface area (Å²) in [5, 5.41) is 9.54. The molecule has 0 N–H and O–H groups in total. The minimum absolute atomic E-state index is 0.875. The van der Waals surface area contributed by atoms with E-state index in [1.807, 2.05) is 0 Å². The van der Waals surface area contributed by atoms with Crippen molar-refractivity contribution in [3.63, 3.8) is 0 Å². The molecule has 0 fully saturated rings. The lowest BCUT2D eigenvalue weighted by Crippen LogP contribution is -2.10. The monoisotopic (exact) mass is 637 g/mol. The molecule has 0 amide bonds. The first kappa shape index (κ1) is 28.4. The molecule has 1 heterocycles. The maximum Gasteiger partial charge on any atom is 0.145 e. The zero-order valence-electron chi connectivity index (χ0n) is 27.3. The van der Waals surface area contributed by atoms with E-state index in [-0.39, 0.29) is 0 Å². The molecule has 234 valence electrons. The summed E-state index contributed by atoms with van der Waals surface area (Å²) in [6.45, 7) is 0. The summed E-state index contributed by atoms with van der Waals surface area (Å²) in [6, 6.07) is 67.4. The fourth-order valence-electron chi connectivity index (χ4n) is 7.66. The molecule has 0 spiro atoms. The van der Waals surface area contributed by atoms with Crippen LogP contribution < -0.4 is 4.90 Å². The SMILES string of the molecule is c1ccc(-c2ccc(N(c3ccc4ccc5ccccc5c4c3)c3ccc(-c4cccc5ccccc45)c4oc5ccccc5c34)cc2)cc1. The molecule has 10 rings (SSSR count). The van der Waals surface area contributed by atoms with Gasteiger partial charge >= 0.3 is 0 Å². The van der Waals surface area contributed by atoms with Crippen molar-refractivity contribution in [2.45, 2.75) is 0 Å². The highest BCUT2D eigenvalue weighted by Gasteiger charge is 2.23. The van der Waals surface area contributed by atoms with Crippen molar-refractivity contribution in [2.75, 3.05) is 4.90 Å². The number of hydrogen-bond acceptors (Lipinski definition) is 2. The van der Waals surface area contributed by atoms with Gasteiger partial charge in [-0.2, -0.15) is 0 Å². The van der Waals surface area contributed by atoms with Crippen LogP contribution >= 0.6 is 0 Å². The van der Waals surface area contributed by atoms with E-state index < -0.39 is 0 Å². The Morgan fingerprint density at radius 2 is 0.960 bits per heavy atom. The Morgan fingerprint density at radius 3 is 1.78 bits per heavy atom. The van der Waals surface area contributed by atoms with Crippen LogP contribution in [0.4, 0.5) is 17.1 Å². The first-order chi connectivity index (χ1) is 24.8. The van der Waals surface area contributed by atoms with Crippen LogP contribution in [0, 0.1) is 0 Å². The van der Waals surface area contributed by atoms with E-state index in [4.69, 9.17) is 4.42 Å². The van der Waals surface area contributed by atoms with Crippen LogP contribution in [-0.4, -0.2) is 0 Å². The molecular weight excluding hydrogens is 607 g/mol. The van der Waals surface area contributed by atoms with Gasteiger partial charge in [-0.15, -0.1) is 0 Å². The number of para-hydroxylation sites is 1. The molecule has 0 saturated heterocycles. The summed E-state index contributed by atoms with van der Waals surface area (Å²) in [6.07, 6.45) is 0. The lowest BCUT2D eigenvalue weighted by molar-refractivity contribution is 0.670. The maximum absolute atomic E-state index is 6.83. The number of anilines is 3. The van der Waals surface area contributed by atoms with E-state index in [1.165, 1.54) is 43.4 Å². The van der Waals surface area contributed by atoms with Crippen LogP contribution in [0.1, 0.15) is 0 Å². The fraction of sp³-hybridized carbons (Fsp3) is 0. The molecule has 0 saturated carbocycles. The minimum Gasteiger partial charge on any atom is -0.455 e. The third-order valence-electron chi connectivity index (χ3n) is 10.0. The Labute approximate surface area is 290 Å².